The van der Waals surface area contributed by atoms with Gasteiger partial charge < -0.3 is 24.7 Å². The lowest BCUT2D eigenvalue weighted by molar-refractivity contribution is 0.0622. The summed E-state index contributed by atoms with van der Waals surface area (Å²) < 4.78 is 12.7. The highest BCUT2D eigenvalue weighted by Gasteiger charge is 2.28. The van der Waals surface area contributed by atoms with Gasteiger partial charge in [-0.3, -0.25) is 19.3 Å². The van der Waals surface area contributed by atoms with Gasteiger partial charge in [-0.15, -0.1) is 0 Å². The fraction of sp³-hybridized carbons (Fsp3) is 0.519. The van der Waals surface area contributed by atoms with Crippen molar-refractivity contribution in [3.05, 3.63) is 46.8 Å². The molecule has 0 atom stereocenters. The Balaban J connectivity index is 1.22. The number of fused-ring (bicyclic) bond motifs is 1. The SMILES string of the molecule is Cc1c(C(N)=O)cc(C(=O)CN2CCN(C(=O)c3ccc4c(c3)OCO4)CC2)n1CC1CCCCC1. The van der Waals surface area contributed by atoms with Crippen LogP contribution in [0, 0.1) is 12.8 Å². The standard InChI is InChI=1S/C27H34N4O5/c1-18-21(26(28)33)14-22(31(18)15-19-5-3-2-4-6-19)23(32)16-29-9-11-30(12-10-29)27(34)20-7-8-24-25(13-20)36-17-35-24/h7-8,13-14,19H,2-6,9-12,15-17H2,1H3,(H2,28,33). The van der Waals surface area contributed by atoms with Crippen LogP contribution in [0.4, 0.5) is 0 Å². The van der Waals surface area contributed by atoms with Crippen molar-refractivity contribution in [1.29, 1.82) is 0 Å². The number of rotatable bonds is 7. The second-order valence-electron chi connectivity index (χ2n) is 10.1. The lowest BCUT2D eigenvalue weighted by Gasteiger charge is -2.34. The van der Waals surface area contributed by atoms with Crippen molar-refractivity contribution in [3.63, 3.8) is 0 Å². The highest BCUT2D eigenvalue weighted by Crippen LogP contribution is 2.33. The van der Waals surface area contributed by atoms with Gasteiger partial charge in [0.2, 0.25) is 6.79 Å². The number of piperazine rings is 1. The number of carbonyl (C=O) groups is 3. The Kier molecular flexibility index (Phi) is 7.00. The number of ether oxygens (including phenoxy) is 2. The molecule has 192 valence electrons. The molecule has 2 N–H and O–H groups in total. The lowest BCUT2D eigenvalue weighted by atomic mass is 9.89. The summed E-state index contributed by atoms with van der Waals surface area (Å²) in [6.07, 6.45) is 5.99. The molecule has 0 spiro atoms. The number of nitrogens with zero attached hydrogens (tertiary/aromatic N) is 3. The van der Waals surface area contributed by atoms with E-state index >= 15 is 0 Å². The van der Waals surface area contributed by atoms with Gasteiger partial charge in [0.05, 0.1) is 17.8 Å². The molecule has 0 bridgehead atoms. The van der Waals surface area contributed by atoms with Crippen LogP contribution in [-0.2, 0) is 6.54 Å². The van der Waals surface area contributed by atoms with Crippen LogP contribution in [0.25, 0.3) is 0 Å². The van der Waals surface area contributed by atoms with E-state index in [1.54, 1.807) is 29.2 Å². The van der Waals surface area contributed by atoms with Crippen LogP contribution in [-0.4, -0.2) is 71.5 Å². The average molecular weight is 495 g/mol. The first-order valence-electron chi connectivity index (χ1n) is 12.8. The molecule has 9 nitrogen and oxygen atoms in total. The molecule has 2 fully saturated rings. The van der Waals surface area contributed by atoms with Gasteiger partial charge in [0, 0.05) is 44.0 Å². The molecular weight excluding hydrogens is 460 g/mol. The predicted octanol–water partition coefficient (Wildman–Crippen LogP) is 2.85. The summed E-state index contributed by atoms with van der Waals surface area (Å²) in [5.41, 5.74) is 7.94. The van der Waals surface area contributed by atoms with E-state index in [4.69, 9.17) is 15.2 Å². The number of carbonyl (C=O) groups excluding carboxylic acids is 3. The van der Waals surface area contributed by atoms with Gasteiger partial charge in [-0.1, -0.05) is 19.3 Å². The number of amides is 2. The fourth-order valence-corrected chi connectivity index (χ4v) is 5.59. The molecule has 1 aromatic carbocycles. The molecule has 1 aliphatic carbocycles. The van der Waals surface area contributed by atoms with Crippen molar-refractivity contribution in [1.82, 2.24) is 14.4 Å². The van der Waals surface area contributed by atoms with E-state index in [0.29, 0.717) is 60.4 Å². The third-order valence-electron chi connectivity index (χ3n) is 7.73. The molecule has 3 aliphatic rings. The number of nitrogens with two attached hydrogens (primary N) is 1. The first-order chi connectivity index (χ1) is 17.4. The number of hydrogen-bond donors (Lipinski definition) is 1. The third kappa shape index (κ3) is 4.97. The van der Waals surface area contributed by atoms with Crippen LogP contribution < -0.4 is 15.2 Å². The molecule has 3 heterocycles. The molecule has 2 aromatic rings. The van der Waals surface area contributed by atoms with Crippen molar-refractivity contribution >= 4 is 17.6 Å². The number of aromatic nitrogens is 1. The quantitative estimate of drug-likeness (QED) is 0.593. The van der Waals surface area contributed by atoms with Gasteiger partial charge in [0.15, 0.2) is 17.3 Å². The van der Waals surface area contributed by atoms with E-state index in [1.807, 2.05) is 11.5 Å². The summed E-state index contributed by atoms with van der Waals surface area (Å²) in [6, 6.07) is 6.90. The summed E-state index contributed by atoms with van der Waals surface area (Å²) in [5.74, 6) is 1.19. The highest BCUT2D eigenvalue weighted by molar-refractivity contribution is 6.01. The second-order valence-corrected chi connectivity index (χ2v) is 10.1. The molecule has 0 unspecified atom stereocenters. The summed E-state index contributed by atoms with van der Waals surface area (Å²) in [4.78, 5) is 42.3. The van der Waals surface area contributed by atoms with Gasteiger partial charge >= 0.3 is 0 Å². The number of hydrogen-bond acceptors (Lipinski definition) is 6. The van der Waals surface area contributed by atoms with Crippen LogP contribution >= 0.6 is 0 Å². The molecule has 2 aliphatic heterocycles. The van der Waals surface area contributed by atoms with Crippen LogP contribution in [0.3, 0.4) is 0 Å². The highest BCUT2D eigenvalue weighted by atomic mass is 16.7. The summed E-state index contributed by atoms with van der Waals surface area (Å²) in [5, 5.41) is 0. The van der Waals surface area contributed by atoms with E-state index in [0.717, 1.165) is 25.1 Å². The van der Waals surface area contributed by atoms with Gasteiger partial charge in [-0.25, -0.2) is 0 Å². The number of Topliss-reactive ketones (excluding diaryl/α,β-unsaturated/α-hetero) is 1. The zero-order valence-electron chi connectivity index (χ0n) is 20.8. The second kappa shape index (κ2) is 10.3. The topological polar surface area (TPSA) is 107 Å². The van der Waals surface area contributed by atoms with E-state index in [9.17, 15) is 14.4 Å². The monoisotopic (exact) mass is 494 g/mol. The molecular formula is C27H34N4O5. The molecule has 5 rings (SSSR count). The molecule has 1 saturated carbocycles. The van der Waals surface area contributed by atoms with Crippen molar-refractivity contribution < 1.29 is 23.9 Å². The Morgan fingerprint density at radius 3 is 2.42 bits per heavy atom. The van der Waals surface area contributed by atoms with Crippen LogP contribution in [0.2, 0.25) is 0 Å². The Bertz CT molecular complexity index is 1160. The summed E-state index contributed by atoms with van der Waals surface area (Å²) >= 11 is 0. The van der Waals surface area contributed by atoms with Crippen molar-refractivity contribution in [2.75, 3.05) is 39.5 Å². The lowest BCUT2D eigenvalue weighted by Crippen LogP contribution is -2.50. The summed E-state index contributed by atoms with van der Waals surface area (Å²) in [7, 11) is 0. The maximum Gasteiger partial charge on any atom is 0.254 e. The van der Waals surface area contributed by atoms with Crippen LogP contribution in [0.15, 0.2) is 24.3 Å². The first-order valence-corrected chi connectivity index (χ1v) is 12.8. The minimum Gasteiger partial charge on any atom is -0.454 e. The Morgan fingerprint density at radius 1 is 0.972 bits per heavy atom. The maximum absolute atomic E-state index is 13.4. The van der Waals surface area contributed by atoms with Crippen molar-refractivity contribution in [2.45, 2.75) is 45.6 Å². The number of primary amides is 1. The minimum absolute atomic E-state index is 0.0167. The molecule has 36 heavy (non-hydrogen) atoms. The van der Waals surface area contributed by atoms with E-state index in [1.165, 1.54) is 19.3 Å². The maximum atomic E-state index is 13.4. The first kappa shape index (κ1) is 24.4. The zero-order valence-corrected chi connectivity index (χ0v) is 20.8. The largest absolute Gasteiger partial charge is 0.454 e. The molecule has 2 amide bonds. The zero-order chi connectivity index (χ0) is 25.2. The summed E-state index contributed by atoms with van der Waals surface area (Å²) in [6.45, 7) is 5.32. The number of benzene rings is 1. The molecule has 9 heteroatoms. The fourth-order valence-electron chi connectivity index (χ4n) is 5.59. The minimum atomic E-state index is -0.500. The number of ketones is 1. The third-order valence-corrected chi connectivity index (χ3v) is 7.73. The van der Waals surface area contributed by atoms with Crippen LogP contribution in [0.1, 0.15) is 69.0 Å². The van der Waals surface area contributed by atoms with Gasteiger partial charge in [0.1, 0.15) is 0 Å². The van der Waals surface area contributed by atoms with Crippen LogP contribution in [0.5, 0.6) is 11.5 Å². The van der Waals surface area contributed by atoms with Crippen molar-refractivity contribution in [2.24, 2.45) is 11.7 Å². The Labute approximate surface area is 211 Å². The van der Waals surface area contributed by atoms with Gasteiger partial charge in [-0.05, 0) is 49.9 Å². The average Bonchev–Trinajstić information content (AvgIpc) is 3.49. The Morgan fingerprint density at radius 2 is 1.69 bits per heavy atom. The van der Waals surface area contributed by atoms with E-state index in [2.05, 4.69) is 4.90 Å². The van der Waals surface area contributed by atoms with Crippen molar-refractivity contribution in [3.8, 4) is 11.5 Å². The van der Waals surface area contributed by atoms with Gasteiger partial charge in [0.25, 0.3) is 11.8 Å². The molecule has 1 saturated heterocycles. The predicted molar refractivity (Wildman–Crippen MR) is 134 cm³/mol. The Hall–Kier alpha value is -3.33. The normalized spacial score (nSPS) is 18.4. The van der Waals surface area contributed by atoms with Gasteiger partial charge in [-0.2, -0.15) is 0 Å². The molecule has 0 radical (unpaired) electrons. The molecule has 1 aromatic heterocycles. The van der Waals surface area contributed by atoms with E-state index < -0.39 is 5.91 Å². The van der Waals surface area contributed by atoms with E-state index in [-0.39, 0.29) is 25.0 Å². The smallest absolute Gasteiger partial charge is 0.254 e.